The first-order chi connectivity index (χ1) is 15.8. The van der Waals surface area contributed by atoms with E-state index in [1.165, 1.54) is 49.6 Å². The van der Waals surface area contributed by atoms with E-state index in [0.717, 1.165) is 0 Å². The maximum atomic E-state index is 10.7. The standard InChI is InChI=1S/C21H25ClO7/c1-27-15-6-3-12(4-7-15)9-13-10-14(5-8-16(13)22)21(28-2)20(26)19(25)18(24)17(11-23)29-21/h3-8,10,17-20,23-26H,9,11H2,1-2H3/t17-,18-,19+,20-,21?/m1/s1/i1D3,9D2. The van der Waals surface area contributed by atoms with Gasteiger partial charge in [-0.2, -0.15) is 0 Å². The van der Waals surface area contributed by atoms with Crippen LogP contribution in [0.5, 0.6) is 5.75 Å². The van der Waals surface area contributed by atoms with Crippen molar-refractivity contribution in [2.24, 2.45) is 0 Å². The molecular weight excluding hydrogens is 400 g/mol. The lowest BCUT2D eigenvalue weighted by Crippen LogP contribution is -2.64. The highest BCUT2D eigenvalue weighted by Crippen LogP contribution is 2.40. The third-order valence-electron chi connectivity index (χ3n) is 4.87. The van der Waals surface area contributed by atoms with Gasteiger partial charge < -0.3 is 34.6 Å². The molecule has 2 aromatic rings. The summed E-state index contributed by atoms with van der Waals surface area (Å²) in [7, 11) is -1.47. The molecule has 1 heterocycles. The van der Waals surface area contributed by atoms with Gasteiger partial charge in [-0.25, -0.2) is 0 Å². The van der Waals surface area contributed by atoms with Crippen molar-refractivity contribution in [2.45, 2.75) is 36.6 Å². The highest BCUT2D eigenvalue weighted by atomic mass is 35.5. The molecule has 29 heavy (non-hydrogen) atoms. The Kier molecular flexibility index (Phi) is 4.96. The molecule has 0 radical (unpaired) electrons. The van der Waals surface area contributed by atoms with Gasteiger partial charge in [-0.05, 0) is 41.8 Å². The van der Waals surface area contributed by atoms with Gasteiger partial charge in [0.1, 0.15) is 30.2 Å². The Labute approximate surface area is 181 Å². The zero-order valence-electron chi connectivity index (χ0n) is 20.4. The van der Waals surface area contributed by atoms with E-state index < -0.39 is 50.2 Å². The summed E-state index contributed by atoms with van der Waals surface area (Å²) in [4.78, 5) is 0. The number of hydrogen-bond donors (Lipinski definition) is 4. The maximum Gasteiger partial charge on any atom is 0.224 e. The van der Waals surface area contributed by atoms with Crippen molar-refractivity contribution in [1.82, 2.24) is 0 Å². The summed E-state index contributed by atoms with van der Waals surface area (Å²) in [6, 6.07) is 9.38. The van der Waals surface area contributed by atoms with Crippen LogP contribution in [0.3, 0.4) is 0 Å². The lowest BCUT2D eigenvalue weighted by Gasteiger charge is -2.47. The van der Waals surface area contributed by atoms with Gasteiger partial charge >= 0.3 is 0 Å². The van der Waals surface area contributed by atoms with Crippen LogP contribution in [-0.2, 0) is 21.6 Å². The van der Waals surface area contributed by atoms with E-state index in [0.29, 0.717) is 0 Å². The highest BCUT2D eigenvalue weighted by Gasteiger charge is 2.55. The molecule has 7 nitrogen and oxygen atoms in total. The fourth-order valence-corrected chi connectivity index (χ4v) is 3.43. The van der Waals surface area contributed by atoms with Crippen molar-refractivity contribution in [3.63, 3.8) is 0 Å². The Morgan fingerprint density at radius 1 is 1.17 bits per heavy atom. The Morgan fingerprint density at radius 3 is 2.52 bits per heavy atom. The summed E-state index contributed by atoms with van der Waals surface area (Å²) in [5.41, 5.74) is 0.173. The Balaban J connectivity index is 2.04. The van der Waals surface area contributed by atoms with Crippen LogP contribution in [0.25, 0.3) is 0 Å². The minimum Gasteiger partial charge on any atom is -0.497 e. The van der Waals surface area contributed by atoms with Crippen molar-refractivity contribution in [3.05, 3.63) is 64.2 Å². The van der Waals surface area contributed by atoms with Crippen molar-refractivity contribution in [3.8, 4) is 5.75 Å². The maximum absolute atomic E-state index is 10.7. The first-order valence-corrected chi connectivity index (χ1v) is 9.12. The van der Waals surface area contributed by atoms with E-state index >= 15 is 0 Å². The Bertz CT molecular complexity index is 1000. The van der Waals surface area contributed by atoms with Crippen LogP contribution in [0, 0.1) is 0 Å². The van der Waals surface area contributed by atoms with Crippen molar-refractivity contribution in [1.29, 1.82) is 0 Å². The van der Waals surface area contributed by atoms with Gasteiger partial charge in [0.2, 0.25) is 5.79 Å². The SMILES string of the molecule is [2H]C([2H])([2H])Oc1ccc(C([2H])([2H])c2cc(C3(OC)O[C@H](CO)[C@@H](O)[C@H](O)[C@H]3O)ccc2Cl)cc1. The van der Waals surface area contributed by atoms with E-state index in [-0.39, 0.29) is 27.5 Å². The molecule has 0 aromatic heterocycles. The lowest BCUT2D eigenvalue weighted by molar-refractivity contribution is -0.366. The molecule has 0 saturated carbocycles. The van der Waals surface area contributed by atoms with E-state index in [4.69, 9.17) is 32.7 Å². The summed E-state index contributed by atoms with van der Waals surface area (Å²) < 4.78 is 54.7. The number of benzene rings is 2. The van der Waals surface area contributed by atoms with Crippen molar-refractivity contribution in [2.75, 3.05) is 20.8 Å². The second-order valence-corrected chi connectivity index (χ2v) is 6.99. The van der Waals surface area contributed by atoms with Gasteiger partial charge in [0.15, 0.2) is 0 Å². The van der Waals surface area contributed by atoms with E-state index in [1.54, 1.807) is 0 Å². The second-order valence-electron chi connectivity index (χ2n) is 6.58. The number of aliphatic hydroxyl groups excluding tert-OH is 4. The van der Waals surface area contributed by atoms with Gasteiger partial charge in [-0.15, -0.1) is 0 Å². The molecule has 1 fully saturated rings. The van der Waals surface area contributed by atoms with Gasteiger partial charge in [0.25, 0.3) is 0 Å². The average molecular weight is 430 g/mol. The molecule has 0 bridgehead atoms. The van der Waals surface area contributed by atoms with Crippen LogP contribution < -0.4 is 4.74 Å². The predicted molar refractivity (Wildman–Crippen MR) is 106 cm³/mol. The molecule has 8 heteroatoms. The van der Waals surface area contributed by atoms with Crippen molar-refractivity contribution < 1.29 is 41.5 Å². The normalized spacial score (nSPS) is 33.1. The molecule has 0 spiro atoms. The molecule has 158 valence electrons. The van der Waals surface area contributed by atoms with Crippen molar-refractivity contribution >= 4 is 11.6 Å². The quantitative estimate of drug-likeness (QED) is 0.546. The lowest BCUT2D eigenvalue weighted by atomic mass is 9.87. The Hall–Kier alpha value is -1.71. The van der Waals surface area contributed by atoms with Crippen LogP contribution >= 0.6 is 11.6 Å². The van der Waals surface area contributed by atoms with Gasteiger partial charge in [-0.3, -0.25) is 0 Å². The fourth-order valence-electron chi connectivity index (χ4n) is 3.27. The first kappa shape index (κ1) is 16.0. The Morgan fingerprint density at radius 2 is 1.90 bits per heavy atom. The smallest absolute Gasteiger partial charge is 0.224 e. The second kappa shape index (κ2) is 8.97. The molecule has 0 amide bonds. The molecule has 1 aliphatic rings. The summed E-state index contributed by atoms with van der Waals surface area (Å²) in [6.45, 7) is -0.679. The van der Waals surface area contributed by atoms with Crippen LogP contribution in [0.4, 0.5) is 0 Å². The van der Waals surface area contributed by atoms with Gasteiger partial charge in [0.05, 0.1) is 17.8 Å². The molecule has 4 N–H and O–H groups in total. The van der Waals surface area contributed by atoms with E-state index in [2.05, 4.69) is 0 Å². The summed E-state index contributed by atoms with van der Waals surface area (Å²) in [6.07, 6.45) is -8.59. The molecule has 1 unspecified atom stereocenters. The minimum absolute atomic E-state index is 0.0269. The van der Waals surface area contributed by atoms with Crippen LogP contribution in [0.2, 0.25) is 5.02 Å². The number of hydrogen-bond acceptors (Lipinski definition) is 7. The topological polar surface area (TPSA) is 109 Å². The molecule has 1 aliphatic heterocycles. The zero-order chi connectivity index (χ0) is 25.5. The third-order valence-corrected chi connectivity index (χ3v) is 5.20. The average Bonchev–Trinajstić information content (AvgIpc) is 2.78. The molecule has 1 saturated heterocycles. The number of halogens is 1. The molecule has 5 atom stereocenters. The summed E-state index contributed by atoms with van der Waals surface area (Å²) >= 11 is 6.31. The number of aliphatic hydroxyl groups is 4. The third kappa shape index (κ3) is 4.13. The highest BCUT2D eigenvalue weighted by molar-refractivity contribution is 6.31. The number of rotatable bonds is 6. The van der Waals surface area contributed by atoms with Crippen LogP contribution in [0.1, 0.15) is 23.5 Å². The zero-order valence-corrected chi connectivity index (χ0v) is 16.2. The number of methoxy groups -OCH3 is 2. The summed E-state index contributed by atoms with van der Waals surface area (Å²) in [5, 5.41) is 40.7. The largest absolute Gasteiger partial charge is 0.497 e. The minimum atomic E-state index is -2.65. The first-order valence-electron chi connectivity index (χ1n) is 11.2. The number of ether oxygens (including phenoxy) is 3. The molecular formula is C21H25ClO7. The monoisotopic (exact) mass is 429 g/mol. The van der Waals surface area contributed by atoms with Gasteiger partial charge in [-0.1, -0.05) is 29.8 Å². The van der Waals surface area contributed by atoms with Gasteiger partial charge in [0, 0.05) is 20.4 Å². The van der Waals surface area contributed by atoms with Crippen LogP contribution in [-0.4, -0.2) is 65.6 Å². The molecule has 3 rings (SSSR count). The molecule has 2 aromatic carbocycles. The predicted octanol–water partition coefficient (Wildman–Crippen LogP) is 1.21. The summed E-state index contributed by atoms with van der Waals surface area (Å²) in [5.74, 6) is -2.02. The fraction of sp³-hybridized carbons (Fsp3) is 0.429. The van der Waals surface area contributed by atoms with E-state index in [9.17, 15) is 20.4 Å². The van der Waals surface area contributed by atoms with Crippen LogP contribution in [0.15, 0.2) is 42.5 Å². The molecule has 0 aliphatic carbocycles. The van der Waals surface area contributed by atoms with E-state index in [1.807, 2.05) is 0 Å².